The lowest BCUT2D eigenvalue weighted by Crippen LogP contribution is -2.13. The average Bonchev–Trinajstić information content (AvgIpc) is 2.08. The molecular weight excluding hydrogens is 261 g/mol. The van der Waals surface area contributed by atoms with Crippen molar-refractivity contribution in [3.8, 4) is 0 Å². The van der Waals surface area contributed by atoms with Gasteiger partial charge in [0.15, 0.2) is 0 Å². The van der Waals surface area contributed by atoms with Crippen molar-refractivity contribution in [1.82, 2.24) is 0 Å². The lowest BCUT2D eigenvalue weighted by molar-refractivity contribution is 0.510. The summed E-state index contributed by atoms with van der Waals surface area (Å²) in [6.45, 7) is 4.32. The van der Waals surface area contributed by atoms with Crippen LogP contribution in [0.1, 0.15) is 31.9 Å². The zero-order valence-electron chi connectivity index (χ0n) is 8.43. The highest BCUT2D eigenvalue weighted by Gasteiger charge is 2.11. The smallest absolute Gasteiger partial charge is 0.0454 e. The average molecular weight is 277 g/mol. The standard InChI is InChI=1S/C11H15BrClN/c1-7(2)5-11(14)9-6-8(12)3-4-10(9)13/h3-4,6-7,11H,5,14H2,1-2H3/t11-/m0/s1. The second-order valence-electron chi connectivity index (χ2n) is 3.90. The highest BCUT2D eigenvalue weighted by Crippen LogP contribution is 2.28. The Morgan fingerprint density at radius 2 is 2.07 bits per heavy atom. The van der Waals surface area contributed by atoms with Gasteiger partial charge in [-0.2, -0.15) is 0 Å². The first-order valence-corrected chi connectivity index (χ1v) is 5.88. The molecule has 14 heavy (non-hydrogen) atoms. The first-order valence-electron chi connectivity index (χ1n) is 4.71. The van der Waals surface area contributed by atoms with E-state index >= 15 is 0 Å². The lowest BCUT2D eigenvalue weighted by atomic mass is 9.98. The molecule has 0 amide bonds. The second-order valence-corrected chi connectivity index (χ2v) is 5.22. The molecule has 0 fully saturated rings. The van der Waals surface area contributed by atoms with E-state index in [1.165, 1.54) is 0 Å². The summed E-state index contributed by atoms with van der Waals surface area (Å²) in [4.78, 5) is 0. The topological polar surface area (TPSA) is 26.0 Å². The molecule has 1 rings (SSSR count). The molecule has 78 valence electrons. The van der Waals surface area contributed by atoms with Crippen molar-refractivity contribution in [2.75, 3.05) is 0 Å². The molecule has 1 aromatic carbocycles. The molecule has 0 heterocycles. The number of nitrogens with two attached hydrogens (primary N) is 1. The van der Waals surface area contributed by atoms with Crippen LogP contribution in [0.4, 0.5) is 0 Å². The van der Waals surface area contributed by atoms with Gasteiger partial charge in [0.1, 0.15) is 0 Å². The summed E-state index contributed by atoms with van der Waals surface area (Å²) >= 11 is 9.49. The van der Waals surface area contributed by atoms with E-state index in [1.807, 2.05) is 18.2 Å². The Bertz CT molecular complexity index is 312. The highest BCUT2D eigenvalue weighted by atomic mass is 79.9. The predicted molar refractivity (Wildman–Crippen MR) is 65.5 cm³/mol. The van der Waals surface area contributed by atoms with Gasteiger partial charge in [0, 0.05) is 15.5 Å². The molecule has 2 N–H and O–H groups in total. The maximum atomic E-state index is 6.07. The van der Waals surface area contributed by atoms with Gasteiger partial charge in [0.05, 0.1) is 0 Å². The van der Waals surface area contributed by atoms with Crippen LogP contribution in [0.25, 0.3) is 0 Å². The van der Waals surface area contributed by atoms with Gasteiger partial charge in [-0.25, -0.2) is 0 Å². The quantitative estimate of drug-likeness (QED) is 0.882. The third kappa shape index (κ3) is 3.26. The number of hydrogen-bond acceptors (Lipinski definition) is 1. The van der Waals surface area contributed by atoms with Gasteiger partial charge in [0.2, 0.25) is 0 Å². The fourth-order valence-electron chi connectivity index (χ4n) is 1.43. The fraction of sp³-hybridized carbons (Fsp3) is 0.455. The van der Waals surface area contributed by atoms with Gasteiger partial charge in [-0.15, -0.1) is 0 Å². The van der Waals surface area contributed by atoms with Crippen molar-refractivity contribution in [1.29, 1.82) is 0 Å². The Balaban J connectivity index is 2.88. The van der Waals surface area contributed by atoms with Crippen molar-refractivity contribution in [3.05, 3.63) is 33.3 Å². The number of rotatable bonds is 3. The van der Waals surface area contributed by atoms with Gasteiger partial charge in [-0.3, -0.25) is 0 Å². The van der Waals surface area contributed by atoms with Crippen molar-refractivity contribution in [3.63, 3.8) is 0 Å². The Hall–Kier alpha value is -0.0500. The largest absolute Gasteiger partial charge is 0.324 e. The molecule has 0 aliphatic heterocycles. The second kappa shape index (κ2) is 5.15. The molecule has 0 aliphatic rings. The summed E-state index contributed by atoms with van der Waals surface area (Å²) < 4.78 is 1.02. The van der Waals surface area contributed by atoms with E-state index in [4.69, 9.17) is 17.3 Å². The zero-order valence-corrected chi connectivity index (χ0v) is 10.8. The van der Waals surface area contributed by atoms with Crippen LogP contribution < -0.4 is 5.73 Å². The molecule has 0 radical (unpaired) electrons. The minimum absolute atomic E-state index is 0.0278. The number of halogens is 2. The maximum Gasteiger partial charge on any atom is 0.0454 e. The lowest BCUT2D eigenvalue weighted by Gasteiger charge is -2.16. The molecule has 3 heteroatoms. The Labute approximate surface area is 98.8 Å². The Morgan fingerprint density at radius 1 is 1.43 bits per heavy atom. The third-order valence-electron chi connectivity index (χ3n) is 2.08. The molecule has 0 saturated heterocycles. The van der Waals surface area contributed by atoms with Gasteiger partial charge < -0.3 is 5.73 Å². The molecule has 1 aromatic rings. The Morgan fingerprint density at radius 3 is 2.64 bits per heavy atom. The van der Waals surface area contributed by atoms with Gasteiger partial charge >= 0.3 is 0 Å². The zero-order chi connectivity index (χ0) is 10.7. The van der Waals surface area contributed by atoms with E-state index < -0.39 is 0 Å². The molecular formula is C11H15BrClN. The van der Waals surface area contributed by atoms with E-state index in [0.717, 1.165) is 21.5 Å². The van der Waals surface area contributed by atoms with Crippen LogP contribution in [0.15, 0.2) is 22.7 Å². The van der Waals surface area contributed by atoms with Crippen molar-refractivity contribution >= 4 is 27.5 Å². The third-order valence-corrected chi connectivity index (χ3v) is 2.92. The van der Waals surface area contributed by atoms with E-state index in [1.54, 1.807) is 0 Å². The van der Waals surface area contributed by atoms with E-state index in [-0.39, 0.29) is 6.04 Å². The fourth-order valence-corrected chi connectivity index (χ4v) is 2.07. The molecule has 0 saturated carbocycles. The van der Waals surface area contributed by atoms with Gasteiger partial charge in [-0.1, -0.05) is 41.4 Å². The summed E-state index contributed by atoms with van der Waals surface area (Å²) in [7, 11) is 0. The first kappa shape index (κ1) is 12.0. The van der Waals surface area contributed by atoms with Crippen molar-refractivity contribution in [2.45, 2.75) is 26.3 Å². The maximum absolute atomic E-state index is 6.07. The molecule has 1 atom stereocenters. The molecule has 0 spiro atoms. The monoisotopic (exact) mass is 275 g/mol. The van der Waals surface area contributed by atoms with E-state index in [0.29, 0.717) is 5.92 Å². The van der Waals surface area contributed by atoms with Crippen molar-refractivity contribution in [2.24, 2.45) is 11.7 Å². The number of hydrogen-bond donors (Lipinski definition) is 1. The summed E-state index contributed by atoms with van der Waals surface area (Å²) in [5.74, 6) is 0.583. The van der Waals surface area contributed by atoms with Crippen LogP contribution >= 0.6 is 27.5 Å². The molecule has 0 bridgehead atoms. The summed E-state index contributed by atoms with van der Waals surface area (Å²) in [5.41, 5.74) is 7.08. The highest BCUT2D eigenvalue weighted by molar-refractivity contribution is 9.10. The molecule has 0 unspecified atom stereocenters. The van der Waals surface area contributed by atoms with Crippen molar-refractivity contribution < 1.29 is 0 Å². The van der Waals surface area contributed by atoms with Crippen LogP contribution in [-0.4, -0.2) is 0 Å². The van der Waals surface area contributed by atoms with Crippen LogP contribution in [0.5, 0.6) is 0 Å². The first-order chi connectivity index (χ1) is 6.50. The molecule has 1 nitrogen and oxygen atoms in total. The summed E-state index contributed by atoms with van der Waals surface area (Å²) in [6.07, 6.45) is 0.955. The SMILES string of the molecule is CC(C)C[C@H](N)c1cc(Br)ccc1Cl. The number of benzene rings is 1. The minimum Gasteiger partial charge on any atom is -0.324 e. The van der Waals surface area contributed by atoms with E-state index in [9.17, 15) is 0 Å². The van der Waals surface area contributed by atoms with E-state index in [2.05, 4.69) is 29.8 Å². The van der Waals surface area contributed by atoms with Gasteiger partial charge in [0.25, 0.3) is 0 Å². The van der Waals surface area contributed by atoms with Gasteiger partial charge in [-0.05, 0) is 36.1 Å². The molecule has 0 aliphatic carbocycles. The summed E-state index contributed by atoms with van der Waals surface area (Å²) in [5, 5.41) is 0.751. The van der Waals surface area contributed by atoms with Crippen LogP contribution in [-0.2, 0) is 0 Å². The normalized spacial score (nSPS) is 13.3. The molecule has 0 aromatic heterocycles. The minimum atomic E-state index is 0.0278. The predicted octanol–water partition coefficient (Wildman–Crippen LogP) is 4.15. The van der Waals surface area contributed by atoms with Crippen LogP contribution in [0.3, 0.4) is 0 Å². The van der Waals surface area contributed by atoms with Crippen LogP contribution in [0, 0.1) is 5.92 Å². The summed E-state index contributed by atoms with van der Waals surface area (Å²) in [6, 6.07) is 5.82. The Kier molecular flexibility index (Phi) is 4.42. The van der Waals surface area contributed by atoms with Crippen LogP contribution in [0.2, 0.25) is 5.02 Å².